The molecule has 1 aromatic carbocycles. The average molecular weight is 260 g/mol. The molecule has 19 heavy (non-hydrogen) atoms. The summed E-state index contributed by atoms with van der Waals surface area (Å²) in [6.45, 7) is 6.43. The second-order valence-electron chi connectivity index (χ2n) is 6.01. The van der Waals surface area contributed by atoms with Crippen molar-refractivity contribution in [2.24, 2.45) is 11.8 Å². The number of hydrogen-bond acceptors (Lipinski definition) is 2. The number of benzene rings is 1. The van der Waals surface area contributed by atoms with Crippen LogP contribution in [0.5, 0.6) is 0 Å². The Balaban J connectivity index is 2.07. The lowest BCUT2D eigenvalue weighted by Crippen LogP contribution is -2.42. The first-order valence-electron chi connectivity index (χ1n) is 7.15. The van der Waals surface area contributed by atoms with E-state index in [1.54, 1.807) is 6.07 Å². The fourth-order valence-corrected chi connectivity index (χ4v) is 3.00. The molecule has 1 aliphatic carbocycles. The van der Waals surface area contributed by atoms with Gasteiger partial charge in [0, 0.05) is 11.7 Å². The molecule has 3 unspecified atom stereocenters. The van der Waals surface area contributed by atoms with E-state index >= 15 is 0 Å². The second kappa shape index (κ2) is 5.64. The Kier molecular flexibility index (Phi) is 4.13. The van der Waals surface area contributed by atoms with Gasteiger partial charge in [0.2, 0.25) is 0 Å². The molecule has 0 heterocycles. The third-order valence-corrected chi connectivity index (χ3v) is 4.32. The molecule has 3 N–H and O–H groups in total. The van der Waals surface area contributed by atoms with E-state index in [0.29, 0.717) is 17.2 Å². The van der Waals surface area contributed by atoms with Crippen LogP contribution in [0, 0.1) is 18.8 Å². The van der Waals surface area contributed by atoms with Crippen molar-refractivity contribution >= 4 is 11.6 Å². The van der Waals surface area contributed by atoms with Gasteiger partial charge >= 0.3 is 0 Å². The number of rotatable bonds is 2. The number of nitrogens with one attached hydrogen (secondary N) is 1. The number of anilines is 1. The second-order valence-corrected chi connectivity index (χ2v) is 6.01. The predicted molar refractivity (Wildman–Crippen MR) is 79.0 cm³/mol. The van der Waals surface area contributed by atoms with Crippen molar-refractivity contribution in [1.82, 2.24) is 5.32 Å². The molecule has 3 atom stereocenters. The molecule has 0 radical (unpaired) electrons. The summed E-state index contributed by atoms with van der Waals surface area (Å²) in [4.78, 5) is 12.3. The number of nitrogen functional groups attached to an aromatic ring is 1. The first kappa shape index (κ1) is 13.9. The summed E-state index contributed by atoms with van der Waals surface area (Å²) in [5.74, 6) is 1.28. The average Bonchev–Trinajstić information content (AvgIpc) is 2.36. The van der Waals surface area contributed by atoms with Crippen molar-refractivity contribution < 1.29 is 4.79 Å². The Bertz CT molecular complexity index is 470. The SMILES string of the molecule is Cc1cccc(C(=O)NC2CCC(C)CC2C)c1N. The highest BCUT2D eigenvalue weighted by atomic mass is 16.1. The maximum Gasteiger partial charge on any atom is 0.253 e. The first-order chi connectivity index (χ1) is 8.99. The molecule has 1 amide bonds. The molecule has 0 aromatic heterocycles. The summed E-state index contributed by atoms with van der Waals surface area (Å²) in [6, 6.07) is 5.89. The predicted octanol–water partition coefficient (Wildman–Crippen LogP) is 3.13. The number of carbonyl (C=O) groups excluding carboxylic acids is 1. The van der Waals surface area contributed by atoms with Crippen molar-refractivity contribution in [3.63, 3.8) is 0 Å². The van der Waals surface area contributed by atoms with Crippen LogP contribution in [-0.2, 0) is 0 Å². The largest absolute Gasteiger partial charge is 0.398 e. The van der Waals surface area contributed by atoms with E-state index in [2.05, 4.69) is 19.2 Å². The smallest absolute Gasteiger partial charge is 0.253 e. The summed E-state index contributed by atoms with van der Waals surface area (Å²) < 4.78 is 0. The van der Waals surface area contributed by atoms with E-state index in [0.717, 1.165) is 17.9 Å². The summed E-state index contributed by atoms with van der Waals surface area (Å²) in [6.07, 6.45) is 3.45. The standard InChI is InChI=1S/C16H24N2O/c1-10-7-8-14(12(3)9-10)18-16(19)13-6-4-5-11(2)15(13)17/h4-6,10,12,14H,7-9,17H2,1-3H3,(H,18,19). The monoisotopic (exact) mass is 260 g/mol. The van der Waals surface area contributed by atoms with Gasteiger partial charge < -0.3 is 11.1 Å². The normalized spacial score (nSPS) is 27.0. The fourth-order valence-electron chi connectivity index (χ4n) is 3.00. The molecule has 1 aromatic rings. The van der Waals surface area contributed by atoms with Crippen molar-refractivity contribution in [3.8, 4) is 0 Å². The maximum absolute atomic E-state index is 12.3. The highest BCUT2D eigenvalue weighted by Crippen LogP contribution is 2.29. The van der Waals surface area contributed by atoms with E-state index in [-0.39, 0.29) is 11.9 Å². The van der Waals surface area contributed by atoms with Crippen LogP contribution < -0.4 is 11.1 Å². The molecule has 0 aliphatic heterocycles. The highest BCUT2D eigenvalue weighted by molar-refractivity contribution is 5.99. The molecule has 1 aliphatic rings. The van der Waals surface area contributed by atoms with E-state index in [9.17, 15) is 4.79 Å². The molecule has 3 heteroatoms. The maximum atomic E-state index is 12.3. The molecule has 0 saturated heterocycles. The third kappa shape index (κ3) is 3.09. The number of carbonyl (C=O) groups is 1. The molecule has 0 spiro atoms. The fraction of sp³-hybridized carbons (Fsp3) is 0.562. The lowest BCUT2D eigenvalue weighted by molar-refractivity contribution is 0.0900. The van der Waals surface area contributed by atoms with E-state index < -0.39 is 0 Å². The van der Waals surface area contributed by atoms with Gasteiger partial charge in [-0.25, -0.2) is 0 Å². The summed E-state index contributed by atoms with van der Waals surface area (Å²) in [5.41, 5.74) is 8.14. The zero-order valence-corrected chi connectivity index (χ0v) is 12.1. The van der Waals surface area contributed by atoms with Crippen LogP contribution in [0.2, 0.25) is 0 Å². The van der Waals surface area contributed by atoms with Gasteiger partial charge in [0.25, 0.3) is 5.91 Å². The highest BCUT2D eigenvalue weighted by Gasteiger charge is 2.27. The minimum atomic E-state index is -0.0346. The summed E-state index contributed by atoms with van der Waals surface area (Å²) >= 11 is 0. The zero-order valence-electron chi connectivity index (χ0n) is 12.1. The van der Waals surface area contributed by atoms with Crippen LogP contribution in [0.25, 0.3) is 0 Å². The topological polar surface area (TPSA) is 55.1 Å². The van der Waals surface area contributed by atoms with E-state index in [4.69, 9.17) is 5.73 Å². The Morgan fingerprint density at radius 1 is 1.32 bits per heavy atom. The lowest BCUT2D eigenvalue weighted by atomic mass is 9.80. The summed E-state index contributed by atoms with van der Waals surface area (Å²) in [7, 11) is 0. The number of para-hydroxylation sites is 1. The van der Waals surface area contributed by atoms with Crippen molar-refractivity contribution in [2.45, 2.75) is 46.1 Å². The van der Waals surface area contributed by atoms with Gasteiger partial charge in [-0.2, -0.15) is 0 Å². The molecule has 1 saturated carbocycles. The Labute approximate surface area is 115 Å². The molecule has 104 valence electrons. The van der Waals surface area contributed by atoms with Crippen molar-refractivity contribution in [3.05, 3.63) is 29.3 Å². The molecule has 1 fully saturated rings. The van der Waals surface area contributed by atoms with Gasteiger partial charge in [0.05, 0.1) is 5.56 Å². The molecule has 2 rings (SSSR count). The summed E-state index contributed by atoms with van der Waals surface area (Å²) in [5, 5.41) is 3.15. The van der Waals surface area contributed by atoms with E-state index in [1.807, 2.05) is 19.1 Å². The molecule has 3 nitrogen and oxygen atoms in total. The Hall–Kier alpha value is -1.51. The van der Waals surface area contributed by atoms with Crippen LogP contribution in [0.15, 0.2) is 18.2 Å². The number of aryl methyl sites for hydroxylation is 1. The van der Waals surface area contributed by atoms with Crippen LogP contribution in [0.1, 0.15) is 49.0 Å². The Morgan fingerprint density at radius 3 is 2.74 bits per heavy atom. The van der Waals surface area contributed by atoms with Gasteiger partial charge in [-0.05, 0) is 49.7 Å². The molecular weight excluding hydrogens is 236 g/mol. The molecule has 0 bridgehead atoms. The van der Waals surface area contributed by atoms with Gasteiger partial charge in [-0.3, -0.25) is 4.79 Å². The third-order valence-electron chi connectivity index (χ3n) is 4.32. The van der Waals surface area contributed by atoms with E-state index in [1.165, 1.54) is 12.8 Å². The lowest BCUT2D eigenvalue weighted by Gasteiger charge is -2.33. The van der Waals surface area contributed by atoms with Crippen molar-refractivity contribution in [1.29, 1.82) is 0 Å². The minimum Gasteiger partial charge on any atom is -0.398 e. The van der Waals surface area contributed by atoms with Crippen LogP contribution in [-0.4, -0.2) is 11.9 Å². The first-order valence-corrected chi connectivity index (χ1v) is 7.15. The van der Waals surface area contributed by atoms with Crippen LogP contribution >= 0.6 is 0 Å². The zero-order chi connectivity index (χ0) is 14.0. The van der Waals surface area contributed by atoms with Gasteiger partial charge in [-0.1, -0.05) is 26.0 Å². The number of amides is 1. The van der Waals surface area contributed by atoms with Crippen LogP contribution in [0.3, 0.4) is 0 Å². The van der Waals surface area contributed by atoms with Gasteiger partial charge in [0.15, 0.2) is 0 Å². The number of hydrogen-bond donors (Lipinski definition) is 2. The van der Waals surface area contributed by atoms with Crippen molar-refractivity contribution in [2.75, 3.05) is 5.73 Å². The van der Waals surface area contributed by atoms with Gasteiger partial charge in [-0.15, -0.1) is 0 Å². The minimum absolute atomic E-state index is 0.0346. The Morgan fingerprint density at radius 2 is 2.05 bits per heavy atom. The van der Waals surface area contributed by atoms with Gasteiger partial charge in [0.1, 0.15) is 0 Å². The number of nitrogens with two attached hydrogens (primary N) is 1. The quantitative estimate of drug-likeness (QED) is 0.803. The molecular formula is C16H24N2O. The van der Waals surface area contributed by atoms with Crippen LogP contribution in [0.4, 0.5) is 5.69 Å².